The fourth-order valence-electron chi connectivity index (χ4n) is 2.94. The van der Waals surface area contributed by atoms with Gasteiger partial charge in [0.15, 0.2) is 0 Å². The van der Waals surface area contributed by atoms with Crippen molar-refractivity contribution in [3.05, 3.63) is 65.0 Å². The number of hydrogen-bond donors (Lipinski definition) is 0. The molecule has 3 rings (SSSR count). The van der Waals surface area contributed by atoms with Gasteiger partial charge in [0, 0.05) is 38.3 Å². The Kier molecular flexibility index (Phi) is 4.88. The van der Waals surface area contributed by atoms with Crippen molar-refractivity contribution in [2.45, 2.75) is 6.54 Å². The topological polar surface area (TPSA) is 47.3 Å². The molecule has 24 heavy (non-hydrogen) atoms. The number of carbonyl (C=O) groups excluding carboxylic acids is 1. The predicted molar refractivity (Wildman–Crippen MR) is 90.4 cm³/mol. The fourth-order valence-corrected chi connectivity index (χ4v) is 2.94. The van der Waals surface area contributed by atoms with Gasteiger partial charge in [-0.2, -0.15) is 5.26 Å². The molecule has 4 nitrogen and oxygen atoms in total. The van der Waals surface area contributed by atoms with Gasteiger partial charge in [0.05, 0.1) is 17.3 Å². The van der Waals surface area contributed by atoms with Crippen molar-refractivity contribution in [1.29, 1.82) is 5.26 Å². The second-order valence-electron chi connectivity index (χ2n) is 5.90. The summed E-state index contributed by atoms with van der Waals surface area (Å²) in [5.74, 6) is -0.341. The zero-order valence-electron chi connectivity index (χ0n) is 13.3. The van der Waals surface area contributed by atoms with Gasteiger partial charge in [-0.25, -0.2) is 4.39 Å². The van der Waals surface area contributed by atoms with Gasteiger partial charge in [0.25, 0.3) is 0 Å². The summed E-state index contributed by atoms with van der Waals surface area (Å²) in [5, 5.41) is 8.81. The van der Waals surface area contributed by atoms with E-state index in [1.54, 1.807) is 12.1 Å². The number of rotatable bonds is 4. The molecule has 5 heteroatoms. The number of nitrogens with zero attached hydrogens (tertiary/aromatic N) is 3. The van der Waals surface area contributed by atoms with Crippen molar-refractivity contribution in [1.82, 2.24) is 4.90 Å². The van der Waals surface area contributed by atoms with Gasteiger partial charge in [-0.1, -0.05) is 24.3 Å². The number of carbonyl (C=O) groups is 1. The SMILES string of the molecule is N#Cc1ccc(N2CCN(Cc3ccc(C=O)cc3)CC2)c(F)c1. The molecular weight excluding hydrogens is 305 g/mol. The van der Waals surface area contributed by atoms with Crippen LogP contribution in [0, 0.1) is 17.1 Å². The van der Waals surface area contributed by atoms with E-state index in [0.717, 1.165) is 39.0 Å². The summed E-state index contributed by atoms with van der Waals surface area (Å²) in [7, 11) is 0. The summed E-state index contributed by atoms with van der Waals surface area (Å²) in [5.41, 5.74) is 2.75. The quantitative estimate of drug-likeness (QED) is 0.812. The number of nitriles is 1. The summed E-state index contributed by atoms with van der Waals surface area (Å²) in [6, 6.07) is 14.2. The van der Waals surface area contributed by atoms with Crippen LogP contribution in [0.15, 0.2) is 42.5 Å². The zero-order valence-corrected chi connectivity index (χ0v) is 13.3. The first-order valence-corrected chi connectivity index (χ1v) is 7.90. The molecule has 2 aromatic rings. The molecule has 0 radical (unpaired) electrons. The van der Waals surface area contributed by atoms with Crippen LogP contribution in [-0.2, 0) is 6.54 Å². The minimum atomic E-state index is -0.341. The van der Waals surface area contributed by atoms with Crippen LogP contribution < -0.4 is 4.90 Å². The molecule has 1 fully saturated rings. The minimum absolute atomic E-state index is 0.341. The van der Waals surface area contributed by atoms with Crippen molar-refractivity contribution in [3.8, 4) is 6.07 Å². The maximum Gasteiger partial charge on any atom is 0.150 e. The molecule has 0 aliphatic carbocycles. The Morgan fingerprint density at radius 1 is 1.08 bits per heavy atom. The van der Waals surface area contributed by atoms with Crippen LogP contribution in [0.2, 0.25) is 0 Å². The lowest BCUT2D eigenvalue weighted by Crippen LogP contribution is -2.46. The number of halogens is 1. The standard InChI is InChI=1S/C19H18FN3O/c20-18-11-17(12-21)5-6-19(18)23-9-7-22(8-10-23)13-15-1-3-16(14-24)4-2-15/h1-6,11,14H,7-10,13H2. The van der Waals surface area contributed by atoms with Crippen LogP contribution in [-0.4, -0.2) is 37.4 Å². The third-order valence-corrected chi connectivity index (χ3v) is 4.31. The molecule has 0 atom stereocenters. The van der Waals surface area contributed by atoms with Crippen LogP contribution in [0.25, 0.3) is 0 Å². The number of piperazine rings is 1. The molecule has 0 unspecified atom stereocenters. The van der Waals surface area contributed by atoms with Crippen LogP contribution in [0.3, 0.4) is 0 Å². The number of hydrogen-bond acceptors (Lipinski definition) is 4. The summed E-state index contributed by atoms with van der Waals surface area (Å²) in [6.07, 6.45) is 0.842. The molecule has 0 aromatic heterocycles. The van der Waals surface area contributed by atoms with Crippen molar-refractivity contribution in [3.63, 3.8) is 0 Å². The van der Waals surface area contributed by atoms with E-state index in [-0.39, 0.29) is 5.82 Å². The lowest BCUT2D eigenvalue weighted by Gasteiger charge is -2.36. The van der Waals surface area contributed by atoms with Crippen molar-refractivity contribution >= 4 is 12.0 Å². The molecule has 1 heterocycles. The van der Waals surface area contributed by atoms with E-state index >= 15 is 0 Å². The Bertz CT molecular complexity index is 759. The van der Waals surface area contributed by atoms with E-state index in [9.17, 15) is 9.18 Å². The molecule has 0 amide bonds. The van der Waals surface area contributed by atoms with Crippen LogP contribution in [0.4, 0.5) is 10.1 Å². The molecule has 122 valence electrons. The Labute approximate surface area is 140 Å². The van der Waals surface area contributed by atoms with Crippen LogP contribution in [0.5, 0.6) is 0 Å². The third-order valence-electron chi connectivity index (χ3n) is 4.31. The summed E-state index contributed by atoms with van der Waals surface area (Å²) >= 11 is 0. The van der Waals surface area contributed by atoms with Gasteiger partial charge >= 0.3 is 0 Å². The second-order valence-corrected chi connectivity index (χ2v) is 5.90. The maximum atomic E-state index is 14.1. The highest BCUT2D eigenvalue weighted by atomic mass is 19.1. The van der Waals surface area contributed by atoms with Gasteiger partial charge in [-0.15, -0.1) is 0 Å². The predicted octanol–water partition coefficient (Wildman–Crippen LogP) is 2.83. The monoisotopic (exact) mass is 323 g/mol. The highest BCUT2D eigenvalue weighted by molar-refractivity contribution is 5.74. The van der Waals surface area contributed by atoms with Gasteiger partial charge in [-0.05, 0) is 23.8 Å². The highest BCUT2D eigenvalue weighted by Gasteiger charge is 2.19. The second kappa shape index (κ2) is 7.24. The maximum absolute atomic E-state index is 14.1. The highest BCUT2D eigenvalue weighted by Crippen LogP contribution is 2.22. The van der Waals surface area contributed by atoms with E-state index in [1.165, 1.54) is 11.6 Å². The normalized spacial score (nSPS) is 15.1. The lowest BCUT2D eigenvalue weighted by molar-refractivity contribution is 0.112. The summed E-state index contributed by atoms with van der Waals surface area (Å²) in [6.45, 7) is 4.00. The average molecular weight is 323 g/mol. The largest absolute Gasteiger partial charge is 0.367 e. The van der Waals surface area contributed by atoms with Gasteiger partial charge in [0.1, 0.15) is 12.1 Å². The molecular formula is C19H18FN3O. The Hall–Kier alpha value is -2.71. The zero-order chi connectivity index (χ0) is 16.9. The van der Waals surface area contributed by atoms with E-state index in [0.29, 0.717) is 16.8 Å². The van der Waals surface area contributed by atoms with E-state index in [4.69, 9.17) is 5.26 Å². The molecule has 0 spiro atoms. The smallest absolute Gasteiger partial charge is 0.150 e. The van der Waals surface area contributed by atoms with E-state index in [1.807, 2.05) is 35.2 Å². The molecule has 1 aliphatic rings. The van der Waals surface area contributed by atoms with Gasteiger partial charge in [-0.3, -0.25) is 9.69 Å². The number of aldehydes is 1. The van der Waals surface area contributed by atoms with E-state index in [2.05, 4.69) is 4.90 Å². The Morgan fingerprint density at radius 3 is 2.38 bits per heavy atom. The Balaban J connectivity index is 1.59. The fraction of sp³-hybridized carbons (Fsp3) is 0.263. The molecule has 1 aliphatic heterocycles. The van der Waals surface area contributed by atoms with Crippen molar-refractivity contribution in [2.24, 2.45) is 0 Å². The molecule has 0 N–H and O–H groups in total. The minimum Gasteiger partial charge on any atom is -0.367 e. The summed E-state index contributed by atoms with van der Waals surface area (Å²) in [4.78, 5) is 15.0. The molecule has 2 aromatic carbocycles. The molecule has 0 bridgehead atoms. The number of benzene rings is 2. The summed E-state index contributed by atoms with van der Waals surface area (Å²) < 4.78 is 14.1. The Morgan fingerprint density at radius 2 is 1.79 bits per heavy atom. The van der Waals surface area contributed by atoms with E-state index < -0.39 is 0 Å². The van der Waals surface area contributed by atoms with Crippen molar-refractivity contribution in [2.75, 3.05) is 31.1 Å². The van der Waals surface area contributed by atoms with Gasteiger partial charge < -0.3 is 4.90 Å². The lowest BCUT2D eigenvalue weighted by atomic mass is 10.1. The van der Waals surface area contributed by atoms with Gasteiger partial charge in [0.2, 0.25) is 0 Å². The average Bonchev–Trinajstić information content (AvgIpc) is 2.63. The first kappa shape index (κ1) is 16.2. The molecule has 1 saturated heterocycles. The third kappa shape index (κ3) is 3.61. The van der Waals surface area contributed by atoms with Crippen LogP contribution >= 0.6 is 0 Å². The molecule has 0 saturated carbocycles. The first-order chi connectivity index (χ1) is 11.7. The van der Waals surface area contributed by atoms with Crippen LogP contribution in [0.1, 0.15) is 21.5 Å². The number of anilines is 1. The first-order valence-electron chi connectivity index (χ1n) is 7.90. The van der Waals surface area contributed by atoms with Crippen molar-refractivity contribution < 1.29 is 9.18 Å².